The van der Waals surface area contributed by atoms with Crippen LogP contribution in [0.1, 0.15) is 130 Å². The van der Waals surface area contributed by atoms with E-state index in [0.717, 1.165) is 83.7 Å². The van der Waals surface area contributed by atoms with Gasteiger partial charge >= 0.3 is 0 Å². The maximum absolute atomic E-state index is 11.2. The first-order valence-corrected chi connectivity index (χ1v) is 27.9. The molecule has 1 aromatic heterocycles. The van der Waals surface area contributed by atoms with Gasteiger partial charge in [0.15, 0.2) is 36.5 Å². The lowest BCUT2D eigenvalue weighted by molar-refractivity contribution is -0.322. The number of nitrogens with zero attached hydrogens (tertiary/aromatic N) is 1. The van der Waals surface area contributed by atoms with E-state index < -0.39 is 73.9 Å². The molecule has 12 atom stereocenters. The zero-order chi connectivity index (χ0) is 51.8. The summed E-state index contributed by atoms with van der Waals surface area (Å²) in [6, 6.07) is 25.8. The highest BCUT2D eigenvalue weighted by molar-refractivity contribution is 5.78. The van der Waals surface area contributed by atoms with E-state index in [1.807, 2.05) is 68.4 Å². The van der Waals surface area contributed by atoms with E-state index in [4.69, 9.17) is 42.9 Å². The number of anilines is 2. The van der Waals surface area contributed by atoms with Crippen molar-refractivity contribution in [3.05, 3.63) is 78.9 Å². The van der Waals surface area contributed by atoms with E-state index >= 15 is 0 Å². The Hall–Kier alpha value is -4.39. The second-order valence-electron chi connectivity index (χ2n) is 20.4. The van der Waals surface area contributed by atoms with Crippen molar-refractivity contribution >= 4 is 11.4 Å². The second-order valence-corrected chi connectivity index (χ2v) is 20.4. The number of aliphatic hydroxyl groups excluding tert-OH is 4. The minimum absolute atomic E-state index is 0.260. The number of ether oxygens (including phenoxy) is 8. The molecule has 15 heteroatoms. The summed E-state index contributed by atoms with van der Waals surface area (Å²) in [4.78, 5) is 5.22. The van der Waals surface area contributed by atoms with Gasteiger partial charge in [0, 0.05) is 22.5 Å². The Bertz CT molecular complexity index is 2170. The van der Waals surface area contributed by atoms with Crippen LogP contribution in [0, 0.1) is 0 Å². The van der Waals surface area contributed by atoms with Gasteiger partial charge in [-0.3, -0.25) is 0 Å². The largest absolute Gasteiger partial charge is 0.490 e. The molecule has 0 spiro atoms. The number of benzene rings is 3. The Labute approximate surface area is 438 Å². The molecule has 8 rings (SSSR count). The van der Waals surface area contributed by atoms with Crippen molar-refractivity contribution in [1.29, 1.82) is 0 Å². The number of unbranched alkanes of at least 4 members (excludes halogenated alkanes) is 10. The van der Waals surface area contributed by atoms with Crippen LogP contribution in [0.3, 0.4) is 0 Å². The van der Waals surface area contributed by atoms with Crippen LogP contribution in [0.15, 0.2) is 78.9 Å². The number of fused-ring (bicyclic) bond motifs is 2. The maximum atomic E-state index is 11.2. The predicted octanol–water partition coefficient (Wildman–Crippen LogP) is 10.4. The first kappa shape index (κ1) is 55.8. The summed E-state index contributed by atoms with van der Waals surface area (Å²) in [5.74, 6) is 1.46. The van der Waals surface area contributed by atoms with Crippen molar-refractivity contribution in [2.75, 3.05) is 37.1 Å². The molecule has 4 aromatic rings. The molecule has 0 unspecified atom stereocenters. The van der Waals surface area contributed by atoms with Crippen molar-refractivity contribution in [3.63, 3.8) is 0 Å². The molecule has 0 saturated carbocycles. The molecule has 15 nitrogen and oxygen atoms in total. The van der Waals surface area contributed by atoms with Crippen molar-refractivity contribution in [1.82, 2.24) is 4.98 Å². The molecule has 0 aliphatic carbocycles. The molecule has 4 aliphatic heterocycles. The van der Waals surface area contributed by atoms with Gasteiger partial charge < -0.3 is 69.0 Å². The second kappa shape index (κ2) is 28.1. The normalized spacial score (nSPS) is 27.7. The van der Waals surface area contributed by atoms with Gasteiger partial charge in [-0.15, -0.1) is 0 Å². The van der Waals surface area contributed by atoms with E-state index in [9.17, 15) is 20.4 Å². The van der Waals surface area contributed by atoms with Crippen molar-refractivity contribution < 1.29 is 58.3 Å². The molecule has 4 fully saturated rings. The molecule has 4 aliphatic rings. The SMILES string of the molecule is CCCCCCCCOc1ccc(-c2cc(-c3ccc(N[C@@H]4O[C@@H]5CO[C@H](CCC)O[C@H]5[C@H](O)[C@H]4O)cc3)nc(-c3ccc(N[C@@H]4O[C@@H]5CO[C@H](CCC)O[C@H]5[C@H](O)[C@H]4O)cc3)c2)cc1OCCCCCCCC. The summed E-state index contributed by atoms with van der Waals surface area (Å²) >= 11 is 0. The summed E-state index contributed by atoms with van der Waals surface area (Å²) in [6.07, 6.45) is 7.34. The van der Waals surface area contributed by atoms with Crippen LogP contribution in [0.4, 0.5) is 11.4 Å². The highest BCUT2D eigenvalue weighted by Crippen LogP contribution is 2.38. The summed E-state index contributed by atoms with van der Waals surface area (Å²) in [5.41, 5.74) is 6.43. The van der Waals surface area contributed by atoms with E-state index in [0.29, 0.717) is 37.4 Å². The van der Waals surface area contributed by atoms with Crippen molar-refractivity contribution in [3.8, 4) is 45.1 Å². The first-order chi connectivity index (χ1) is 36.2. The third-order valence-corrected chi connectivity index (χ3v) is 14.5. The Kier molecular flexibility index (Phi) is 21.2. The Morgan fingerprint density at radius 3 is 1.35 bits per heavy atom. The van der Waals surface area contributed by atoms with Gasteiger partial charge in [-0.05, 0) is 85.3 Å². The first-order valence-electron chi connectivity index (χ1n) is 27.9. The zero-order valence-electron chi connectivity index (χ0n) is 44.1. The Morgan fingerprint density at radius 2 is 0.892 bits per heavy atom. The smallest absolute Gasteiger partial charge is 0.161 e. The molecular weight excluding hydrogens is 943 g/mol. The summed E-state index contributed by atoms with van der Waals surface area (Å²) in [6.45, 7) is 10.3. The van der Waals surface area contributed by atoms with Crippen molar-refractivity contribution in [2.24, 2.45) is 0 Å². The third kappa shape index (κ3) is 14.7. The topological polar surface area (TPSA) is 192 Å². The number of aliphatic hydroxyl groups is 4. The molecule has 3 aromatic carbocycles. The molecule has 0 bridgehead atoms. The van der Waals surface area contributed by atoms with Gasteiger partial charge in [-0.2, -0.15) is 0 Å². The van der Waals surface area contributed by atoms with Crippen LogP contribution < -0.4 is 20.1 Å². The number of pyridine rings is 1. The van der Waals surface area contributed by atoms with Gasteiger partial charge in [0.05, 0.1) is 37.8 Å². The summed E-state index contributed by atoms with van der Waals surface area (Å²) in [7, 11) is 0. The van der Waals surface area contributed by atoms with E-state index in [-0.39, 0.29) is 13.2 Å². The summed E-state index contributed by atoms with van der Waals surface area (Å²) < 4.78 is 49.0. The van der Waals surface area contributed by atoms with E-state index in [1.54, 1.807) is 0 Å². The van der Waals surface area contributed by atoms with Crippen LogP contribution >= 0.6 is 0 Å². The van der Waals surface area contributed by atoms with Crippen LogP contribution in [0.5, 0.6) is 11.5 Å². The molecule has 6 N–H and O–H groups in total. The monoisotopic (exact) mass is 1030 g/mol. The number of hydrogen-bond acceptors (Lipinski definition) is 15. The third-order valence-electron chi connectivity index (χ3n) is 14.5. The van der Waals surface area contributed by atoms with E-state index in [1.165, 1.54) is 51.4 Å². The quantitative estimate of drug-likeness (QED) is 0.0309. The minimum atomic E-state index is -1.23. The van der Waals surface area contributed by atoms with Crippen LogP contribution in [-0.4, -0.2) is 126 Å². The standard InChI is InChI=1S/C59H83N3O12/c1-5-9-11-13-15-17-31-67-46-30-25-40(35-47(46)68-32-18-16-14-12-10-6-2)41-33-44(38-21-26-42(27-22-38)60-58-54(65)52(63)56-48(71-58)36-69-50(73-56)19-7-3)62-45(34-41)39-23-28-43(29-24-39)61-59-55(66)53(64)57-49(72-59)37-70-51(74-57)20-8-4/h21-30,33-35,48-61,63-66H,5-20,31-32,36-37H2,1-4H3/t48-,49-,50+,51+,52-,53-,54-,55-,56-,57-,58-,59-/m1/s1. The lowest BCUT2D eigenvalue weighted by Crippen LogP contribution is -2.64. The minimum Gasteiger partial charge on any atom is -0.490 e. The molecule has 74 heavy (non-hydrogen) atoms. The molecule has 0 amide bonds. The van der Waals surface area contributed by atoms with Gasteiger partial charge in [-0.1, -0.05) is 135 Å². The fraction of sp³-hybridized carbons (Fsp3) is 0.610. The molecule has 4 saturated heterocycles. The average molecular weight is 1030 g/mol. The van der Waals surface area contributed by atoms with Gasteiger partial charge in [0.1, 0.15) is 48.8 Å². The fourth-order valence-electron chi connectivity index (χ4n) is 10.2. The van der Waals surface area contributed by atoms with Crippen LogP contribution in [-0.2, 0) is 28.4 Å². The highest BCUT2D eigenvalue weighted by Gasteiger charge is 2.50. The molecular formula is C59H83N3O12. The lowest BCUT2D eigenvalue weighted by Gasteiger charge is -2.46. The number of nitrogens with one attached hydrogen (secondary N) is 2. The van der Waals surface area contributed by atoms with Gasteiger partial charge in [0.2, 0.25) is 0 Å². The van der Waals surface area contributed by atoms with Crippen molar-refractivity contribution in [2.45, 2.75) is 204 Å². The van der Waals surface area contributed by atoms with Crippen LogP contribution in [0.2, 0.25) is 0 Å². The molecule has 406 valence electrons. The van der Waals surface area contributed by atoms with E-state index in [2.05, 4.69) is 48.7 Å². The highest BCUT2D eigenvalue weighted by atomic mass is 16.7. The molecule has 5 heterocycles. The number of aromatic nitrogens is 1. The lowest BCUT2D eigenvalue weighted by atomic mass is 9.97. The van der Waals surface area contributed by atoms with Gasteiger partial charge in [0.25, 0.3) is 0 Å². The Balaban J connectivity index is 1.03. The Morgan fingerprint density at radius 1 is 0.459 bits per heavy atom. The maximum Gasteiger partial charge on any atom is 0.161 e. The fourth-order valence-corrected chi connectivity index (χ4v) is 10.2. The van der Waals surface area contributed by atoms with Crippen LogP contribution in [0.25, 0.3) is 33.6 Å². The van der Waals surface area contributed by atoms with Gasteiger partial charge in [-0.25, -0.2) is 4.98 Å². The molecule has 0 radical (unpaired) electrons. The zero-order valence-corrected chi connectivity index (χ0v) is 44.1. The average Bonchev–Trinajstić information content (AvgIpc) is 3.42. The number of rotatable bonds is 27. The summed E-state index contributed by atoms with van der Waals surface area (Å²) in [5, 5.41) is 51.0. The number of hydrogen-bond donors (Lipinski definition) is 6. The predicted molar refractivity (Wildman–Crippen MR) is 286 cm³/mol.